The zero-order valence-corrected chi connectivity index (χ0v) is 13.5. The van der Waals surface area contributed by atoms with Gasteiger partial charge in [0.25, 0.3) is 0 Å². The highest BCUT2D eigenvalue weighted by Gasteiger charge is 2.22. The molecule has 1 atom stereocenters. The van der Waals surface area contributed by atoms with E-state index >= 15 is 0 Å². The van der Waals surface area contributed by atoms with Gasteiger partial charge < -0.3 is 10.6 Å². The molecule has 1 aromatic rings. The van der Waals surface area contributed by atoms with Gasteiger partial charge in [0, 0.05) is 6.04 Å². The molecule has 1 saturated carbocycles. The van der Waals surface area contributed by atoms with Crippen molar-refractivity contribution in [1.82, 2.24) is 5.32 Å². The van der Waals surface area contributed by atoms with Crippen LogP contribution in [0.5, 0.6) is 0 Å². The topological polar surface area (TPSA) is 41.1 Å². The Labute approximate surface area is 132 Å². The third kappa shape index (κ3) is 5.01. The number of anilines is 1. The fraction of sp³-hybridized carbons (Fsp3) is 0.588. The molecule has 0 aromatic heterocycles. The Morgan fingerprint density at radius 1 is 1.29 bits per heavy atom. The summed E-state index contributed by atoms with van der Waals surface area (Å²) in [7, 11) is 0. The Hall–Kier alpha value is -1.06. The molecule has 0 aliphatic heterocycles. The van der Waals surface area contributed by atoms with Crippen molar-refractivity contribution < 1.29 is 4.79 Å². The largest absolute Gasteiger partial charge is 0.324 e. The van der Waals surface area contributed by atoms with E-state index in [0.29, 0.717) is 23.3 Å². The molecule has 116 valence electrons. The Balaban J connectivity index is 1.80. The van der Waals surface area contributed by atoms with E-state index in [1.807, 2.05) is 18.2 Å². The molecule has 1 fully saturated rings. The summed E-state index contributed by atoms with van der Waals surface area (Å²) in [5, 5.41) is 6.86. The van der Waals surface area contributed by atoms with Crippen LogP contribution in [-0.2, 0) is 4.79 Å². The molecule has 21 heavy (non-hydrogen) atoms. The molecule has 0 spiro atoms. The van der Waals surface area contributed by atoms with E-state index in [0.717, 1.165) is 12.3 Å². The fourth-order valence-corrected chi connectivity index (χ4v) is 3.34. The molecule has 1 aliphatic rings. The van der Waals surface area contributed by atoms with Crippen LogP contribution in [0.1, 0.15) is 45.4 Å². The molecule has 1 aliphatic carbocycles. The second-order valence-corrected chi connectivity index (χ2v) is 6.23. The molecule has 2 rings (SSSR count). The molecule has 2 N–H and O–H groups in total. The molecule has 1 aromatic carbocycles. The number of hydrogen-bond acceptors (Lipinski definition) is 2. The maximum Gasteiger partial charge on any atom is 0.238 e. The first-order valence-corrected chi connectivity index (χ1v) is 8.36. The van der Waals surface area contributed by atoms with Gasteiger partial charge in [0.2, 0.25) is 5.91 Å². The number of rotatable bonds is 6. The van der Waals surface area contributed by atoms with E-state index < -0.39 is 0 Å². The van der Waals surface area contributed by atoms with Crippen LogP contribution in [0, 0.1) is 5.92 Å². The minimum atomic E-state index is -0.0302. The lowest BCUT2D eigenvalue weighted by molar-refractivity contribution is -0.115. The van der Waals surface area contributed by atoms with E-state index in [-0.39, 0.29) is 5.91 Å². The zero-order chi connectivity index (χ0) is 15.1. The van der Waals surface area contributed by atoms with Crippen LogP contribution >= 0.6 is 11.6 Å². The Bertz CT molecular complexity index is 458. The van der Waals surface area contributed by atoms with E-state index in [9.17, 15) is 4.79 Å². The first-order valence-electron chi connectivity index (χ1n) is 7.98. The third-order valence-electron chi connectivity index (χ3n) is 4.33. The van der Waals surface area contributed by atoms with Gasteiger partial charge in [-0.3, -0.25) is 4.79 Å². The van der Waals surface area contributed by atoms with Gasteiger partial charge in [-0.2, -0.15) is 0 Å². The molecule has 0 bridgehead atoms. The highest BCUT2D eigenvalue weighted by atomic mass is 35.5. The summed E-state index contributed by atoms with van der Waals surface area (Å²) in [6, 6.07) is 7.76. The number of benzene rings is 1. The predicted octanol–water partition coefficient (Wildman–Crippen LogP) is 4.23. The second kappa shape index (κ2) is 8.40. The Kier molecular flexibility index (Phi) is 6.52. The molecule has 3 nitrogen and oxygen atoms in total. The zero-order valence-electron chi connectivity index (χ0n) is 12.7. The lowest BCUT2D eigenvalue weighted by Crippen LogP contribution is -2.41. The molecule has 0 saturated heterocycles. The monoisotopic (exact) mass is 308 g/mol. The quantitative estimate of drug-likeness (QED) is 0.826. The van der Waals surface area contributed by atoms with Crippen LogP contribution < -0.4 is 10.6 Å². The van der Waals surface area contributed by atoms with E-state index in [1.165, 1.54) is 32.1 Å². The van der Waals surface area contributed by atoms with Gasteiger partial charge >= 0.3 is 0 Å². The average Bonchev–Trinajstić information content (AvgIpc) is 2.51. The number of amides is 1. The van der Waals surface area contributed by atoms with E-state index in [1.54, 1.807) is 6.07 Å². The van der Waals surface area contributed by atoms with Gasteiger partial charge in [-0.05, 0) is 37.3 Å². The molecule has 1 unspecified atom stereocenters. The van der Waals surface area contributed by atoms with E-state index in [4.69, 9.17) is 11.6 Å². The normalized spacial score (nSPS) is 17.4. The lowest BCUT2D eigenvalue weighted by atomic mass is 9.83. The summed E-state index contributed by atoms with van der Waals surface area (Å²) in [6.07, 6.45) is 7.67. The molecular formula is C17H25ClN2O. The minimum absolute atomic E-state index is 0.0302. The number of carbonyl (C=O) groups excluding carboxylic acids is 1. The van der Waals surface area contributed by atoms with Crippen LogP contribution in [-0.4, -0.2) is 18.5 Å². The van der Waals surface area contributed by atoms with Gasteiger partial charge in [-0.15, -0.1) is 0 Å². The molecule has 0 radical (unpaired) electrons. The van der Waals surface area contributed by atoms with Crippen LogP contribution in [0.3, 0.4) is 0 Å². The van der Waals surface area contributed by atoms with Gasteiger partial charge in [-0.1, -0.05) is 49.9 Å². The van der Waals surface area contributed by atoms with Crippen LogP contribution in [0.4, 0.5) is 5.69 Å². The number of halogens is 1. The van der Waals surface area contributed by atoms with Crippen molar-refractivity contribution >= 4 is 23.2 Å². The summed E-state index contributed by atoms with van der Waals surface area (Å²) in [4.78, 5) is 12.0. The maximum absolute atomic E-state index is 12.0. The molecule has 0 heterocycles. The first kappa shape index (κ1) is 16.3. The predicted molar refractivity (Wildman–Crippen MR) is 88.7 cm³/mol. The lowest BCUT2D eigenvalue weighted by Gasteiger charge is -2.30. The highest BCUT2D eigenvalue weighted by molar-refractivity contribution is 6.33. The van der Waals surface area contributed by atoms with Crippen LogP contribution in [0.15, 0.2) is 24.3 Å². The van der Waals surface area contributed by atoms with Gasteiger partial charge in [0.15, 0.2) is 0 Å². The molecular weight excluding hydrogens is 284 g/mol. The van der Waals surface area contributed by atoms with Gasteiger partial charge in [-0.25, -0.2) is 0 Å². The van der Waals surface area contributed by atoms with Crippen molar-refractivity contribution in [3.63, 3.8) is 0 Å². The van der Waals surface area contributed by atoms with Crippen molar-refractivity contribution in [2.24, 2.45) is 5.92 Å². The summed E-state index contributed by atoms with van der Waals surface area (Å²) in [5.74, 6) is 0.689. The van der Waals surface area contributed by atoms with Crippen molar-refractivity contribution in [3.05, 3.63) is 29.3 Å². The smallest absolute Gasteiger partial charge is 0.238 e. The van der Waals surface area contributed by atoms with Crippen LogP contribution in [0.25, 0.3) is 0 Å². The average molecular weight is 309 g/mol. The summed E-state index contributed by atoms with van der Waals surface area (Å²) >= 11 is 6.04. The number of para-hydroxylation sites is 1. The highest BCUT2D eigenvalue weighted by Crippen LogP contribution is 2.27. The third-order valence-corrected chi connectivity index (χ3v) is 4.66. The maximum atomic E-state index is 12.0. The minimum Gasteiger partial charge on any atom is -0.324 e. The van der Waals surface area contributed by atoms with E-state index in [2.05, 4.69) is 17.6 Å². The fourth-order valence-electron chi connectivity index (χ4n) is 3.16. The number of carbonyl (C=O) groups is 1. The van der Waals surface area contributed by atoms with Crippen molar-refractivity contribution in [2.75, 3.05) is 11.9 Å². The molecule has 1 amide bonds. The summed E-state index contributed by atoms with van der Waals surface area (Å²) in [6.45, 7) is 2.54. The number of hydrogen-bond donors (Lipinski definition) is 2. The van der Waals surface area contributed by atoms with Gasteiger partial charge in [0.1, 0.15) is 0 Å². The van der Waals surface area contributed by atoms with Gasteiger partial charge in [0.05, 0.1) is 17.3 Å². The summed E-state index contributed by atoms with van der Waals surface area (Å²) in [5.41, 5.74) is 0.677. The number of nitrogens with one attached hydrogen (secondary N) is 2. The van der Waals surface area contributed by atoms with Crippen molar-refractivity contribution in [1.29, 1.82) is 0 Å². The Morgan fingerprint density at radius 2 is 2.00 bits per heavy atom. The van der Waals surface area contributed by atoms with Crippen LogP contribution in [0.2, 0.25) is 5.02 Å². The SMILES string of the molecule is CCC(NCC(=O)Nc1ccccc1Cl)C1CCCCC1. The second-order valence-electron chi connectivity index (χ2n) is 5.82. The van der Waals surface area contributed by atoms with Crippen molar-refractivity contribution in [2.45, 2.75) is 51.5 Å². The Morgan fingerprint density at radius 3 is 2.67 bits per heavy atom. The standard InChI is InChI=1S/C17H25ClN2O/c1-2-15(13-8-4-3-5-9-13)19-12-17(21)20-16-11-7-6-10-14(16)18/h6-7,10-11,13,15,19H,2-5,8-9,12H2,1H3,(H,20,21). The van der Waals surface area contributed by atoms with Crippen molar-refractivity contribution in [3.8, 4) is 0 Å². The molecule has 4 heteroatoms. The first-order chi connectivity index (χ1) is 10.2. The summed E-state index contributed by atoms with van der Waals surface area (Å²) < 4.78 is 0.